The minimum absolute atomic E-state index is 0.189. The van der Waals surface area contributed by atoms with Crippen LogP contribution in [0.3, 0.4) is 0 Å². The maximum atomic E-state index is 9.89. The van der Waals surface area contributed by atoms with Crippen LogP contribution >= 0.6 is 0 Å². The van der Waals surface area contributed by atoms with Crippen molar-refractivity contribution in [1.82, 2.24) is 4.98 Å². The van der Waals surface area contributed by atoms with Crippen LogP contribution in [0, 0.1) is 0 Å². The van der Waals surface area contributed by atoms with E-state index in [0.29, 0.717) is 0 Å². The largest absolute Gasteiger partial charge is 0.489 e. The quantitative estimate of drug-likeness (QED) is 0.640. The first-order valence-corrected chi connectivity index (χ1v) is 2.77. The lowest BCUT2D eigenvalue weighted by Crippen LogP contribution is -1.99. The summed E-state index contributed by atoms with van der Waals surface area (Å²) in [4.78, 5) is 2.81. The fourth-order valence-corrected chi connectivity index (χ4v) is 0.558. The number of hydrogen-bond donors (Lipinski definition) is 1. The van der Waals surface area contributed by atoms with Crippen LogP contribution in [0.1, 0.15) is 0 Å². The summed E-state index contributed by atoms with van der Waals surface area (Å²) in [5.74, 6) is 0.728. The van der Waals surface area contributed by atoms with Gasteiger partial charge in [0.2, 0.25) is 0 Å². The predicted octanol–water partition coefficient (Wildman–Crippen LogP) is 0.824. The van der Waals surface area contributed by atoms with E-state index >= 15 is 0 Å². The maximum Gasteiger partial charge on any atom is 0.136 e. The zero-order valence-electron chi connectivity index (χ0n) is 4.96. The van der Waals surface area contributed by atoms with Crippen LogP contribution in [0.2, 0.25) is 0 Å². The lowest BCUT2D eigenvalue weighted by Gasteiger charge is -1.96. The van der Waals surface area contributed by atoms with Crippen LogP contribution in [0.5, 0.6) is 5.75 Å². The normalized spacial score (nSPS) is 9.44. The maximum absolute atomic E-state index is 9.89. The van der Waals surface area contributed by atoms with Crippen LogP contribution in [0.25, 0.3) is 0 Å². The van der Waals surface area contributed by atoms with Crippen molar-refractivity contribution in [2.24, 2.45) is 0 Å². The van der Waals surface area contributed by atoms with Gasteiger partial charge in [0.05, 0.1) is 0 Å². The summed E-state index contributed by atoms with van der Waals surface area (Å²) >= 11 is 0. The van der Waals surface area contributed by atoms with E-state index in [4.69, 9.17) is 4.74 Å². The molecule has 1 aromatic heterocycles. The molecule has 0 saturated heterocycles. The Bertz CT molecular complexity index is 148. The smallest absolute Gasteiger partial charge is 0.136 e. The first-order valence-electron chi connectivity index (χ1n) is 2.77. The molecule has 1 rings (SSSR count). The fourth-order valence-electron chi connectivity index (χ4n) is 0.558. The summed E-state index contributed by atoms with van der Waals surface area (Å²) in [5, 5.41) is 9.89. The number of aromatic nitrogens is 1. The van der Waals surface area contributed by atoms with Crippen molar-refractivity contribution >= 4 is 0 Å². The topological polar surface area (TPSA) is 44.9 Å². The molecule has 1 radical (unpaired) electrons. The molecule has 0 saturated carbocycles. The molecule has 0 unspecified atom stereocenters. The summed E-state index contributed by atoms with van der Waals surface area (Å²) in [5.41, 5.74) is 0. The summed E-state index contributed by atoms with van der Waals surface area (Å²) in [6.45, 7) is 0.0586. The van der Waals surface area contributed by atoms with E-state index in [-0.39, 0.29) is 13.2 Å². The molecule has 0 spiro atoms. The number of hydrogen-bond acceptors (Lipinski definition) is 1. The van der Waals surface area contributed by atoms with Crippen molar-refractivity contribution in [2.45, 2.75) is 0 Å². The van der Waals surface area contributed by atoms with E-state index in [1.165, 1.54) is 0 Å². The Morgan fingerprint density at radius 2 is 2.56 bits per heavy atom. The minimum atomic E-state index is -0.189. The van der Waals surface area contributed by atoms with Gasteiger partial charge in [0, 0.05) is 12.4 Å². The summed E-state index contributed by atoms with van der Waals surface area (Å²) in [7, 11) is 0. The number of H-pyrrole nitrogens is 1. The highest BCUT2D eigenvalue weighted by atomic mass is 16.5. The van der Waals surface area contributed by atoms with Gasteiger partial charge in [0.15, 0.2) is 0 Å². The Labute approximate surface area is 53.3 Å². The number of aromatic amines is 1. The summed E-state index contributed by atoms with van der Waals surface area (Å²) in [6, 6.07) is 1.77. The van der Waals surface area contributed by atoms with E-state index in [2.05, 4.69) is 4.98 Å². The SMILES string of the molecule is [O]CCOc1cc[nH]c1. The fraction of sp³-hybridized carbons (Fsp3) is 0.333. The van der Waals surface area contributed by atoms with Gasteiger partial charge in [-0.25, -0.2) is 5.11 Å². The third kappa shape index (κ3) is 1.77. The summed E-state index contributed by atoms with van der Waals surface area (Å²) < 4.78 is 4.95. The van der Waals surface area contributed by atoms with Crippen molar-refractivity contribution in [3.8, 4) is 5.75 Å². The third-order valence-corrected chi connectivity index (χ3v) is 0.921. The van der Waals surface area contributed by atoms with Gasteiger partial charge < -0.3 is 9.72 Å². The van der Waals surface area contributed by atoms with Crippen molar-refractivity contribution in [2.75, 3.05) is 13.2 Å². The van der Waals surface area contributed by atoms with E-state index in [0.717, 1.165) is 5.75 Å². The Morgan fingerprint density at radius 3 is 3.11 bits per heavy atom. The Hall–Kier alpha value is -0.960. The van der Waals surface area contributed by atoms with Gasteiger partial charge in [-0.05, 0) is 6.07 Å². The van der Waals surface area contributed by atoms with Crippen molar-refractivity contribution in [3.05, 3.63) is 18.5 Å². The monoisotopic (exact) mass is 126 g/mol. The highest BCUT2D eigenvalue weighted by Crippen LogP contribution is 2.05. The van der Waals surface area contributed by atoms with Crippen LogP contribution in [0.4, 0.5) is 0 Å². The van der Waals surface area contributed by atoms with E-state index in [1.54, 1.807) is 18.5 Å². The molecular weight excluding hydrogens is 118 g/mol. The highest BCUT2D eigenvalue weighted by Gasteiger charge is 1.89. The Kier molecular flexibility index (Phi) is 2.15. The lowest BCUT2D eigenvalue weighted by atomic mass is 10.6. The third-order valence-electron chi connectivity index (χ3n) is 0.921. The van der Waals surface area contributed by atoms with Gasteiger partial charge in [-0.1, -0.05) is 0 Å². The Balaban J connectivity index is 2.30. The molecule has 3 nitrogen and oxygen atoms in total. The number of nitrogens with one attached hydrogen (secondary N) is 1. The highest BCUT2D eigenvalue weighted by molar-refractivity contribution is 5.15. The number of rotatable bonds is 3. The molecule has 0 aliphatic heterocycles. The molecule has 49 valence electrons. The van der Waals surface area contributed by atoms with Crippen LogP contribution in [0.15, 0.2) is 18.5 Å². The molecule has 9 heavy (non-hydrogen) atoms. The molecule has 0 amide bonds. The molecule has 0 aliphatic rings. The van der Waals surface area contributed by atoms with Crippen LogP contribution < -0.4 is 4.74 Å². The van der Waals surface area contributed by atoms with E-state index in [9.17, 15) is 5.11 Å². The zero-order valence-corrected chi connectivity index (χ0v) is 4.96. The van der Waals surface area contributed by atoms with Crippen molar-refractivity contribution in [3.63, 3.8) is 0 Å². The molecule has 0 fully saturated rings. The molecule has 1 aromatic rings. The standard InChI is InChI=1S/C6H8NO2/c8-3-4-9-6-1-2-7-5-6/h1-2,5,7H,3-4H2. The molecule has 0 atom stereocenters. The first-order chi connectivity index (χ1) is 4.43. The van der Waals surface area contributed by atoms with Gasteiger partial charge >= 0.3 is 0 Å². The second-order valence-electron chi connectivity index (χ2n) is 1.60. The van der Waals surface area contributed by atoms with Gasteiger partial charge in [-0.15, -0.1) is 0 Å². The molecule has 0 aromatic carbocycles. The second kappa shape index (κ2) is 3.14. The molecular formula is C6H8NO2. The lowest BCUT2D eigenvalue weighted by molar-refractivity contribution is 0.138. The van der Waals surface area contributed by atoms with Crippen molar-refractivity contribution < 1.29 is 9.84 Å². The van der Waals surface area contributed by atoms with Gasteiger partial charge in [0.25, 0.3) is 0 Å². The Morgan fingerprint density at radius 1 is 1.67 bits per heavy atom. The van der Waals surface area contributed by atoms with Crippen LogP contribution in [-0.2, 0) is 5.11 Å². The average Bonchev–Trinajstić information content (AvgIpc) is 2.34. The first kappa shape index (κ1) is 6.16. The average molecular weight is 126 g/mol. The second-order valence-corrected chi connectivity index (χ2v) is 1.60. The zero-order chi connectivity index (χ0) is 6.53. The molecule has 0 bridgehead atoms. The van der Waals surface area contributed by atoms with E-state index in [1.807, 2.05) is 0 Å². The molecule has 3 heteroatoms. The molecule has 0 aliphatic carbocycles. The molecule has 1 heterocycles. The van der Waals surface area contributed by atoms with Gasteiger partial charge in [-0.3, -0.25) is 0 Å². The predicted molar refractivity (Wildman–Crippen MR) is 31.8 cm³/mol. The number of ether oxygens (including phenoxy) is 1. The summed E-state index contributed by atoms with van der Waals surface area (Å²) in [6.07, 6.45) is 3.45. The van der Waals surface area contributed by atoms with Gasteiger partial charge in [0.1, 0.15) is 19.0 Å². The van der Waals surface area contributed by atoms with E-state index < -0.39 is 0 Å². The minimum Gasteiger partial charge on any atom is -0.489 e. The van der Waals surface area contributed by atoms with Gasteiger partial charge in [-0.2, -0.15) is 0 Å². The van der Waals surface area contributed by atoms with Crippen molar-refractivity contribution in [1.29, 1.82) is 0 Å². The van der Waals surface area contributed by atoms with Crippen LogP contribution in [-0.4, -0.2) is 18.2 Å². The molecule has 1 N–H and O–H groups in total.